The number of nitrogens with zero attached hydrogens (tertiary/aromatic N) is 3. The van der Waals surface area contributed by atoms with Crippen molar-refractivity contribution >= 4 is 11.7 Å². The van der Waals surface area contributed by atoms with Crippen LogP contribution >= 0.6 is 0 Å². The number of rotatable bonds is 3. The zero-order chi connectivity index (χ0) is 12.8. The third kappa shape index (κ3) is 2.66. The molecule has 88 valence electrons. The van der Waals surface area contributed by atoms with Gasteiger partial charge in [-0.1, -0.05) is 35.4 Å². The van der Waals surface area contributed by atoms with E-state index in [1.807, 2.05) is 6.07 Å². The molecular formula is C13H9N3O2. The highest BCUT2D eigenvalue weighted by Gasteiger charge is 2.09. The first-order chi connectivity index (χ1) is 8.81. The van der Waals surface area contributed by atoms with Crippen LogP contribution < -0.4 is 4.74 Å². The molecule has 5 nitrogen and oxygen atoms in total. The molecule has 0 bridgehead atoms. The van der Waals surface area contributed by atoms with Gasteiger partial charge in [0.1, 0.15) is 5.75 Å². The molecule has 0 aliphatic rings. The zero-order valence-corrected chi connectivity index (χ0v) is 9.35. The van der Waals surface area contributed by atoms with Crippen molar-refractivity contribution in [2.75, 3.05) is 0 Å². The van der Waals surface area contributed by atoms with Crippen LogP contribution in [0, 0.1) is 0 Å². The van der Waals surface area contributed by atoms with Crippen molar-refractivity contribution < 1.29 is 9.53 Å². The van der Waals surface area contributed by atoms with E-state index in [1.165, 1.54) is 0 Å². The van der Waals surface area contributed by atoms with E-state index < -0.39 is 5.97 Å². The van der Waals surface area contributed by atoms with Gasteiger partial charge in [-0.2, -0.15) is 0 Å². The number of hydrogen-bond acceptors (Lipinski definition) is 3. The van der Waals surface area contributed by atoms with Crippen molar-refractivity contribution in [2.45, 2.75) is 0 Å². The molecule has 0 atom stereocenters. The third-order valence-corrected chi connectivity index (χ3v) is 2.23. The zero-order valence-electron chi connectivity index (χ0n) is 9.35. The normalized spacial score (nSPS) is 9.33. The minimum absolute atomic E-state index is 0.240. The SMILES string of the molecule is [N-]=[N+]=Nc1ccccc1OC(=O)c1ccccc1. The summed E-state index contributed by atoms with van der Waals surface area (Å²) >= 11 is 0. The maximum absolute atomic E-state index is 11.8. The molecule has 0 aliphatic heterocycles. The quantitative estimate of drug-likeness (QED) is 0.268. The molecule has 0 fully saturated rings. The second-order valence-corrected chi connectivity index (χ2v) is 3.41. The van der Waals surface area contributed by atoms with Gasteiger partial charge in [0.15, 0.2) is 0 Å². The Morgan fingerprint density at radius 2 is 1.72 bits per heavy atom. The summed E-state index contributed by atoms with van der Waals surface area (Å²) in [6.07, 6.45) is 0. The molecule has 0 amide bonds. The van der Waals surface area contributed by atoms with E-state index in [2.05, 4.69) is 10.0 Å². The predicted octanol–water partition coefficient (Wildman–Crippen LogP) is 3.85. The van der Waals surface area contributed by atoms with Crippen molar-refractivity contribution in [1.82, 2.24) is 0 Å². The topological polar surface area (TPSA) is 75.1 Å². The van der Waals surface area contributed by atoms with Gasteiger partial charge in [-0.05, 0) is 29.8 Å². The van der Waals surface area contributed by atoms with Crippen LogP contribution in [0.2, 0.25) is 0 Å². The number of carbonyl (C=O) groups excluding carboxylic acids is 1. The van der Waals surface area contributed by atoms with E-state index in [9.17, 15) is 4.79 Å². The summed E-state index contributed by atoms with van der Waals surface area (Å²) in [5.74, 6) is -0.250. The first-order valence-electron chi connectivity index (χ1n) is 5.22. The van der Waals surface area contributed by atoms with Gasteiger partial charge >= 0.3 is 5.97 Å². The fourth-order valence-electron chi connectivity index (χ4n) is 1.41. The molecule has 0 saturated heterocycles. The van der Waals surface area contributed by atoms with Crippen molar-refractivity contribution in [2.24, 2.45) is 5.11 Å². The summed E-state index contributed by atoms with van der Waals surface area (Å²) in [4.78, 5) is 14.5. The van der Waals surface area contributed by atoms with Gasteiger partial charge in [0, 0.05) is 4.91 Å². The third-order valence-electron chi connectivity index (χ3n) is 2.23. The largest absolute Gasteiger partial charge is 0.422 e. The van der Waals surface area contributed by atoms with Gasteiger partial charge in [-0.15, -0.1) is 0 Å². The molecule has 2 aromatic rings. The van der Waals surface area contributed by atoms with Crippen molar-refractivity contribution in [3.8, 4) is 5.75 Å². The van der Waals surface area contributed by atoms with Crippen LogP contribution in [0.15, 0.2) is 59.7 Å². The first kappa shape index (κ1) is 11.7. The van der Waals surface area contributed by atoms with Crippen LogP contribution in [0.4, 0.5) is 5.69 Å². The lowest BCUT2D eigenvalue weighted by Crippen LogP contribution is -2.08. The van der Waals surface area contributed by atoms with Gasteiger partial charge in [0.2, 0.25) is 0 Å². The number of benzene rings is 2. The van der Waals surface area contributed by atoms with Crippen molar-refractivity contribution in [3.05, 3.63) is 70.6 Å². The molecule has 18 heavy (non-hydrogen) atoms. The average molecular weight is 239 g/mol. The molecule has 0 spiro atoms. The Hall–Kier alpha value is -2.78. The van der Waals surface area contributed by atoms with Crippen LogP contribution in [0.1, 0.15) is 10.4 Å². The Bertz CT molecular complexity index is 605. The molecule has 0 radical (unpaired) electrons. The van der Waals surface area contributed by atoms with Gasteiger partial charge in [-0.25, -0.2) is 4.79 Å². The van der Waals surface area contributed by atoms with E-state index in [-0.39, 0.29) is 11.4 Å². The van der Waals surface area contributed by atoms with E-state index in [4.69, 9.17) is 10.3 Å². The number of azide groups is 1. The molecule has 0 heterocycles. The van der Waals surface area contributed by atoms with Crippen molar-refractivity contribution in [3.63, 3.8) is 0 Å². The van der Waals surface area contributed by atoms with Gasteiger partial charge in [-0.3, -0.25) is 0 Å². The Kier molecular flexibility index (Phi) is 3.59. The molecule has 0 aliphatic carbocycles. The molecule has 0 N–H and O–H groups in total. The monoisotopic (exact) mass is 239 g/mol. The number of carbonyl (C=O) groups is 1. The van der Waals surface area contributed by atoms with Gasteiger partial charge in [0.25, 0.3) is 0 Å². The number of ether oxygens (including phenoxy) is 1. The highest BCUT2D eigenvalue weighted by Crippen LogP contribution is 2.27. The fourth-order valence-corrected chi connectivity index (χ4v) is 1.41. The summed E-state index contributed by atoms with van der Waals surface area (Å²) in [6, 6.07) is 15.2. The van der Waals surface area contributed by atoms with Gasteiger partial charge < -0.3 is 4.74 Å². The Balaban J connectivity index is 2.25. The Morgan fingerprint density at radius 3 is 2.44 bits per heavy atom. The molecule has 0 saturated carbocycles. The number of esters is 1. The first-order valence-corrected chi connectivity index (χ1v) is 5.22. The molecule has 2 aromatic carbocycles. The van der Waals surface area contributed by atoms with Crippen LogP contribution in [0.3, 0.4) is 0 Å². The van der Waals surface area contributed by atoms with E-state index in [1.54, 1.807) is 48.5 Å². The van der Waals surface area contributed by atoms with Crippen LogP contribution in [0.25, 0.3) is 10.4 Å². The standard InChI is InChI=1S/C13H9N3O2/c14-16-15-11-8-4-5-9-12(11)18-13(17)10-6-2-1-3-7-10/h1-9H. The summed E-state index contributed by atoms with van der Waals surface area (Å²) in [6.45, 7) is 0. The number of para-hydroxylation sites is 1. The van der Waals surface area contributed by atoms with Crippen molar-refractivity contribution in [1.29, 1.82) is 0 Å². The maximum atomic E-state index is 11.8. The minimum atomic E-state index is -0.490. The summed E-state index contributed by atoms with van der Waals surface area (Å²) in [5.41, 5.74) is 9.13. The second kappa shape index (κ2) is 5.52. The lowest BCUT2D eigenvalue weighted by molar-refractivity contribution is 0.0735. The highest BCUT2D eigenvalue weighted by molar-refractivity contribution is 5.91. The molecule has 0 unspecified atom stereocenters. The summed E-state index contributed by atoms with van der Waals surface area (Å²) < 4.78 is 5.18. The highest BCUT2D eigenvalue weighted by atomic mass is 16.5. The smallest absolute Gasteiger partial charge is 0.343 e. The van der Waals surface area contributed by atoms with Crippen LogP contribution in [0.5, 0.6) is 5.75 Å². The van der Waals surface area contributed by atoms with Gasteiger partial charge in [0.05, 0.1) is 11.3 Å². The molecular weight excluding hydrogens is 230 g/mol. The van der Waals surface area contributed by atoms with E-state index >= 15 is 0 Å². The van der Waals surface area contributed by atoms with Crippen LogP contribution in [-0.2, 0) is 0 Å². The maximum Gasteiger partial charge on any atom is 0.343 e. The second-order valence-electron chi connectivity index (χ2n) is 3.41. The fraction of sp³-hybridized carbons (Fsp3) is 0. The number of hydrogen-bond donors (Lipinski definition) is 0. The minimum Gasteiger partial charge on any atom is -0.422 e. The Morgan fingerprint density at radius 1 is 1.06 bits per heavy atom. The average Bonchev–Trinajstić information content (AvgIpc) is 2.42. The van der Waals surface area contributed by atoms with Crippen LogP contribution in [-0.4, -0.2) is 5.97 Å². The molecule has 5 heteroatoms. The predicted molar refractivity (Wildman–Crippen MR) is 66.6 cm³/mol. The lowest BCUT2D eigenvalue weighted by atomic mass is 10.2. The van der Waals surface area contributed by atoms with E-state index in [0.717, 1.165) is 0 Å². The molecule has 0 aromatic heterocycles. The summed E-state index contributed by atoms with van der Waals surface area (Å²) in [7, 11) is 0. The molecule has 2 rings (SSSR count). The summed E-state index contributed by atoms with van der Waals surface area (Å²) in [5, 5.41) is 3.46. The lowest BCUT2D eigenvalue weighted by Gasteiger charge is -2.06. The van der Waals surface area contributed by atoms with E-state index in [0.29, 0.717) is 5.56 Å². The Labute approximate surface area is 103 Å².